The second-order valence-corrected chi connectivity index (χ2v) is 21.2. The molecule has 1 amide bonds. The highest BCUT2D eigenvalue weighted by Crippen LogP contribution is 2.70. The van der Waals surface area contributed by atoms with Crippen molar-refractivity contribution in [2.75, 3.05) is 5.75 Å². The summed E-state index contributed by atoms with van der Waals surface area (Å²) in [6.07, 6.45) is 2.25. The molecule has 1 aromatic carbocycles. The molecule has 198 valence electrons. The maximum absolute atomic E-state index is 13.9. The number of rotatable bonds is 5. The summed E-state index contributed by atoms with van der Waals surface area (Å²) in [6.45, 7) is 17.3. The zero-order valence-corrected chi connectivity index (χ0v) is 25.5. The van der Waals surface area contributed by atoms with Gasteiger partial charge < -0.3 is 4.43 Å². The Balaban J connectivity index is 1.50. The number of benzene rings is 1. The first-order chi connectivity index (χ1) is 16.5. The van der Waals surface area contributed by atoms with Crippen LogP contribution < -0.4 is 0 Å². The zero-order chi connectivity index (χ0) is 26.5. The van der Waals surface area contributed by atoms with E-state index in [1.807, 2.05) is 25.1 Å². The minimum absolute atomic E-state index is 0.0258. The number of fused-ring (bicyclic) bond motifs is 2. The lowest BCUT2D eigenvalue weighted by molar-refractivity contribution is -0.130. The lowest BCUT2D eigenvalue weighted by Crippen LogP contribution is -2.46. The molecule has 1 spiro atoms. The largest absolute Gasteiger partial charge is 0.409 e. The maximum atomic E-state index is 13.9. The van der Waals surface area contributed by atoms with E-state index in [0.29, 0.717) is 5.92 Å². The summed E-state index contributed by atoms with van der Waals surface area (Å²) in [4.78, 5) is 18.6. The molecular weight excluding hydrogens is 509 g/mol. The molecule has 2 saturated carbocycles. The predicted octanol–water partition coefficient (Wildman–Crippen LogP) is 6.42. The summed E-state index contributed by atoms with van der Waals surface area (Å²) in [7, 11) is -5.92. The average molecular weight is 549 g/mol. The molecule has 1 aliphatic heterocycles. The van der Waals surface area contributed by atoms with Crippen LogP contribution in [0.3, 0.4) is 0 Å². The van der Waals surface area contributed by atoms with E-state index >= 15 is 0 Å². The fourth-order valence-electron chi connectivity index (χ4n) is 6.89. The molecule has 2 heterocycles. The van der Waals surface area contributed by atoms with Crippen molar-refractivity contribution in [3.63, 3.8) is 0 Å². The van der Waals surface area contributed by atoms with Crippen molar-refractivity contribution in [2.45, 2.75) is 97.5 Å². The molecule has 5 rings (SSSR count). The van der Waals surface area contributed by atoms with Crippen molar-refractivity contribution in [1.29, 1.82) is 0 Å². The number of carbonyl (C=O) groups excluding carboxylic acids is 1. The molecule has 0 N–H and O–H groups in total. The number of carbonyl (C=O) groups is 1. The highest BCUT2D eigenvalue weighted by Gasteiger charge is 2.72. The second-order valence-electron chi connectivity index (χ2n) is 13.3. The number of aromatic nitrogens is 1. The van der Waals surface area contributed by atoms with Gasteiger partial charge in [-0.2, -0.15) is 0 Å². The Labute approximate surface area is 221 Å². The summed E-state index contributed by atoms with van der Waals surface area (Å²) in [6, 6.07) is 5.86. The summed E-state index contributed by atoms with van der Waals surface area (Å²) >= 11 is 1.64. The van der Waals surface area contributed by atoms with Crippen LogP contribution in [0.5, 0.6) is 0 Å². The first-order valence-electron chi connectivity index (χ1n) is 13.1. The van der Waals surface area contributed by atoms with Crippen LogP contribution in [0.15, 0.2) is 18.2 Å². The van der Waals surface area contributed by atoms with Crippen molar-refractivity contribution >= 4 is 45.8 Å². The number of hydrogen-bond acceptors (Lipinski definition) is 6. The van der Waals surface area contributed by atoms with Crippen molar-refractivity contribution < 1.29 is 17.6 Å². The zero-order valence-electron chi connectivity index (χ0n) is 22.8. The van der Waals surface area contributed by atoms with Crippen LogP contribution in [-0.4, -0.2) is 43.7 Å². The van der Waals surface area contributed by atoms with Gasteiger partial charge in [0.1, 0.15) is 0 Å². The molecule has 6 nitrogen and oxygen atoms in total. The van der Waals surface area contributed by atoms with E-state index in [4.69, 9.17) is 4.43 Å². The molecule has 1 aromatic heterocycles. The normalized spacial score (nSPS) is 29.6. The average Bonchev–Trinajstić information content (AvgIpc) is 3.36. The van der Waals surface area contributed by atoms with Gasteiger partial charge in [-0.25, -0.2) is 17.7 Å². The molecular formula is C27H40N2O4S2Si. The molecule has 36 heavy (non-hydrogen) atoms. The molecule has 3 fully saturated rings. The summed E-state index contributed by atoms with van der Waals surface area (Å²) in [5.41, 5.74) is 1.41. The highest BCUT2D eigenvalue weighted by atomic mass is 32.2. The van der Waals surface area contributed by atoms with E-state index in [-0.39, 0.29) is 40.0 Å². The Morgan fingerprint density at radius 3 is 2.64 bits per heavy atom. The van der Waals surface area contributed by atoms with Gasteiger partial charge in [0, 0.05) is 5.41 Å². The summed E-state index contributed by atoms with van der Waals surface area (Å²) in [5.74, 6) is 0.249. The fourth-order valence-corrected chi connectivity index (χ4v) is 11.5. The summed E-state index contributed by atoms with van der Waals surface area (Å²) < 4.78 is 36.2. The molecule has 2 bridgehead atoms. The molecule has 4 atom stereocenters. The van der Waals surface area contributed by atoms with Gasteiger partial charge in [0.15, 0.2) is 8.32 Å². The molecule has 0 radical (unpaired) electrons. The number of sulfonamides is 1. The molecule has 3 aliphatic rings. The van der Waals surface area contributed by atoms with Gasteiger partial charge >= 0.3 is 0 Å². The highest BCUT2D eigenvalue weighted by molar-refractivity contribution is 7.90. The van der Waals surface area contributed by atoms with E-state index in [1.165, 1.54) is 4.31 Å². The SMILES string of the molecule is Cc1nc2cc([C@H](CC(=O)N3[C@@H]4CC5CC[C@]4(CS3(=O)=O)C5(C)C)O[Si](C)(C)C(C)(C)C)ccc2s1. The first-order valence-corrected chi connectivity index (χ1v) is 18.4. The van der Waals surface area contributed by atoms with Crippen molar-refractivity contribution in [2.24, 2.45) is 16.7 Å². The maximum Gasteiger partial charge on any atom is 0.239 e. The van der Waals surface area contributed by atoms with Crippen LogP contribution in [0.4, 0.5) is 0 Å². The van der Waals surface area contributed by atoms with Crippen molar-refractivity contribution in [3.05, 3.63) is 28.8 Å². The van der Waals surface area contributed by atoms with Crippen LogP contribution in [0.25, 0.3) is 10.2 Å². The Morgan fingerprint density at radius 2 is 2.00 bits per heavy atom. The van der Waals surface area contributed by atoms with E-state index in [2.05, 4.69) is 52.7 Å². The second kappa shape index (κ2) is 8.10. The number of thiazole rings is 1. The van der Waals surface area contributed by atoms with Gasteiger partial charge in [-0.1, -0.05) is 40.7 Å². The van der Waals surface area contributed by atoms with Crippen LogP contribution >= 0.6 is 11.3 Å². The minimum atomic E-state index is -3.66. The fraction of sp³-hybridized carbons (Fsp3) is 0.704. The standard InChI is InChI=1S/C27H40N2O4S2Si/c1-17-28-20-13-18(9-10-22(20)34-17)21(33-36(7,8)25(2,3)4)15-24(30)29-23-14-19-11-12-27(23,26(19,5)6)16-35(29,31)32/h9-10,13,19,21,23H,11-12,14-16H2,1-8H3/t19?,21-,23+,27+/m0/s1. The third-order valence-electron chi connectivity index (χ3n) is 10.2. The Kier molecular flexibility index (Phi) is 5.92. The summed E-state index contributed by atoms with van der Waals surface area (Å²) in [5, 5.41) is 0.945. The molecule has 2 aliphatic carbocycles. The van der Waals surface area contributed by atoms with Gasteiger partial charge in [0.2, 0.25) is 15.9 Å². The topological polar surface area (TPSA) is 76.6 Å². The van der Waals surface area contributed by atoms with Crippen LogP contribution in [0, 0.1) is 23.7 Å². The third kappa shape index (κ3) is 3.83. The van der Waals surface area contributed by atoms with Crippen LogP contribution in [-0.2, 0) is 19.2 Å². The van der Waals surface area contributed by atoms with Crippen molar-refractivity contribution in [1.82, 2.24) is 9.29 Å². The van der Waals surface area contributed by atoms with Crippen LogP contribution in [0.1, 0.15) is 77.0 Å². The Hall–Kier alpha value is -1.29. The van der Waals surface area contributed by atoms with E-state index < -0.39 is 24.4 Å². The van der Waals surface area contributed by atoms with Gasteiger partial charge in [0.25, 0.3) is 0 Å². The molecule has 2 aromatic rings. The minimum Gasteiger partial charge on any atom is -0.409 e. The van der Waals surface area contributed by atoms with Crippen molar-refractivity contribution in [3.8, 4) is 0 Å². The van der Waals surface area contributed by atoms with Gasteiger partial charge in [-0.3, -0.25) is 4.79 Å². The van der Waals surface area contributed by atoms with E-state index in [9.17, 15) is 13.2 Å². The van der Waals surface area contributed by atoms with E-state index in [0.717, 1.165) is 40.1 Å². The van der Waals surface area contributed by atoms with Gasteiger partial charge in [-0.05, 0) is 73.3 Å². The monoisotopic (exact) mass is 548 g/mol. The number of nitrogens with zero attached hydrogens (tertiary/aromatic N) is 2. The molecule has 9 heteroatoms. The lowest BCUT2D eigenvalue weighted by Gasteiger charge is -2.40. The van der Waals surface area contributed by atoms with Crippen LogP contribution in [0.2, 0.25) is 18.1 Å². The number of hydrogen-bond donors (Lipinski definition) is 0. The smallest absolute Gasteiger partial charge is 0.239 e. The third-order valence-corrected chi connectivity index (χ3v) is 17.5. The predicted molar refractivity (Wildman–Crippen MR) is 148 cm³/mol. The van der Waals surface area contributed by atoms with E-state index in [1.54, 1.807) is 11.3 Å². The van der Waals surface area contributed by atoms with Gasteiger partial charge in [-0.15, -0.1) is 11.3 Å². The number of aryl methyl sites for hydroxylation is 1. The lowest BCUT2D eigenvalue weighted by atomic mass is 9.69. The first kappa shape index (κ1) is 26.3. The molecule has 1 saturated heterocycles. The Morgan fingerprint density at radius 1 is 1.31 bits per heavy atom. The van der Waals surface area contributed by atoms with Gasteiger partial charge in [0.05, 0.1) is 39.5 Å². The number of amides is 1. The molecule has 1 unspecified atom stereocenters. The quantitative estimate of drug-likeness (QED) is 0.403. The Bertz CT molecular complexity index is 1330.